The zero-order valence-corrected chi connectivity index (χ0v) is 13.7. The summed E-state index contributed by atoms with van der Waals surface area (Å²) in [5.41, 5.74) is 0.848. The van der Waals surface area contributed by atoms with Crippen LogP contribution < -0.4 is 5.32 Å². The van der Waals surface area contributed by atoms with Gasteiger partial charge in [-0.25, -0.2) is 13.2 Å². The van der Waals surface area contributed by atoms with E-state index in [0.29, 0.717) is 17.2 Å². The fourth-order valence-electron chi connectivity index (χ4n) is 2.23. The lowest BCUT2D eigenvalue weighted by molar-refractivity contribution is -0.116. The van der Waals surface area contributed by atoms with Gasteiger partial charge in [0.25, 0.3) is 0 Å². The number of rotatable bonds is 5. The molecule has 0 spiro atoms. The van der Waals surface area contributed by atoms with Crippen LogP contribution in [0.4, 0.5) is 18.9 Å². The number of aromatic nitrogens is 2. The topological polar surface area (TPSA) is 68.0 Å². The van der Waals surface area contributed by atoms with E-state index in [1.807, 2.05) is 0 Å². The predicted octanol–water partition coefficient (Wildman–Crippen LogP) is 4.03. The Morgan fingerprint density at radius 2 is 1.92 bits per heavy atom. The van der Waals surface area contributed by atoms with Crippen molar-refractivity contribution in [1.29, 1.82) is 0 Å². The maximum Gasteiger partial charge on any atom is 0.227 e. The number of benzene rings is 2. The third-order valence-corrected chi connectivity index (χ3v) is 3.67. The lowest BCUT2D eigenvalue weighted by atomic mass is 10.1. The second-order valence-electron chi connectivity index (χ2n) is 5.65. The molecule has 5 nitrogen and oxygen atoms in total. The van der Waals surface area contributed by atoms with Crippen molar-refractivity contribution in [2.45, 2.75) is 19.8 Å². The van der Waals surface area contributed by atoms with E-state index in [9.17, 15) is 18.0 Å². The molecule has 134 valence electrons. The summed E-state index contributed by atoms with van der Waals surface area (Å²) in [6.07, 6.45) is 0.0801. The molecule has 0 atom stereocenters. The van der Waals surface area contributed by atoms with E-state index in [-0.39, 0.29) is 36.1 Å². The molecule has 1 amide bonds. The van der Waals surface area contributed by atoms with Gasteiger partial charge in [-0.1, -0.05) is 17.3 Å². The zero-order chi connectivity index (χ0) is 18.7. The maximum absolute atomic E-state index is 13.6. The molecule has 3 rings (SSSR count). The molecule has 0 aliphatic rings. The molecule has 0 saturated carbocycles. The summed E-state index contributed by atoms with van der Waals surface area (Å²) in [5.74, 6) is -2.06. The summed E-state index contributed by atoms with van der Waals surface area (Å²) in [6.45, 7) is 1.64. The van der Waals surface area contributed by atoms with Crippen molar-refractivity contribution in [3.63, 3.8) is 0 Å². The number of hydrogen-bond donors (Lipinski definition) is 1. The molecule has 2 aromatic carbocycles. The number of carbonyl (C=O) groups is 1. The molecular weight excluding hydrogens is 347 g/mol. The van der Waals surface area contributed by atoms with E-state index in [1.54, 1.807) is 19.1 Å². The van der Waals surface area contributed by atoms with Crippen LogP contribution in [0.3, 0.4) is 0 Å². The van der Waals surface area contributed by atoms with Crippen molar-refractivity contribution < 1.29 is 22.5 Å². The van der Waals surface area contributed by atoms with Crippen LogP contribution in [-0.2, 0) is 11.2 Å². The number of nitrogens with one attached hydrogen (secondary N) is 1. The van der Waals surface area contributed by atoms with E-state index in [0.717, 1.165) is 12.1 Å². The summed E-state index contributed by atoms with van der Waals surface area (Å²) >= 11 is 0. The molecule has 0 saturated heterocycles. The Morgan fingerprint density at radius 1 is 1.12 bits per heavy atom. The fraction of sp³-hybridized carbons (Fsp3) is 0.167. The van der Waals surface area contributed by atoms with Crippen LogP contribution >= 0.6 is 0 Å². The first-order chi connectivity index (χ1) is 12.4. The Bertz CT molecular complexity index is 957. The van der Waals surface area contributed by atoms with Gasteiger partial charge in [0.2, 0.25) is 17.6 Å². The molecule has 1 aromatic heterocycles. The molecule has 26 heavy (non-hydrogen) atoms. The quantitative estimate of drug-likeness (QED) is 0.745. The first-order valence-corrected chi connectivity index (χ1v) is 7.76. The number of carbonyl (C=O) groups excluding carboxylic acids is 1. The number of anilines is 1. The minimum atomic E-state index is -0.861. The summed E-state index contributed by atoms with van der Waals surface area (Å²) in [5, 5.41) is 6.10. The second-order valence-corrected chi connectivity index (χ2v) is 5.65. The van der Waals surface area contributed by atoms with E-state index in [4.69, 9.17) is 4.52 Å². The molecule has 8 heteroatoms. The SMILES string of the molecule is Cc1ccc(-c2noc(CCC(=O)Nc3ccc(F)cc3F)n2)cc1F. The summed E-state index contributed by atoms with van der Waals surface area (Å²) in [6, 6.07) is 7.43. The Hall–Kier alpha value is -3.16. The molecule has 0 radical (unpaired) electrons. The Labute approximate surface area is 146 Å². The van der Waals surface area contributed by atoms with Gasteiger partial charge in [0.05, 0.1) is 5.69 Å². The summed E-state index contributed by atoms with van der Waals surface area (Å²) in [7, 11) is 0. The van der Waals surface area contributed by atoms with Crippen molar-refractivity contribution in [1.82, 2.24) is 10.1 Å². The average molecular weight is 361 g/mol. The minimum Gasteiger partial charge on any atom is -0.339 e. The lowest BCUT2D eigenvalue weighted by Crippen LogP contribution is -2.13. The lowest BCUT2D eigenvalue weighted by Gasteiger charge is -2.05. The molecule has 0 aliphatic carbocycles. The molecule has 3 aromatic rings. The van der Waals surface area contributed by atoms with Gasteiger partial charge in [-0.15, -0.1) is 0 Å². The fourth-order valence-corrected chi connectivity index (χ4v) is 2.23. The van der Waals surface area contributed by atoms with Gasteiger partial charge in [-0.3, -0.25) is 4.79 Å². The monoisotopic (exact) mass is 361 g/mol. The van der Waals surface area contributed by atoms with E-state index in [2.05, 4.69) is 15.5 Å². The van der Waals surface area contributed by atoms with Gasteiger partial charge < -0.3 is 9.84 Å². The van der Waals surface area contributed by atoms with Crippen molar-refractivity contribution in [2.24, 2.45) is 0 Å². The molecule has 1 heterocycles. The highest BCUT2D eigenvalue weighted by Gasteiger charge is 2.13. The predicted molar refractivity (Wildman–Crippen MR) is 87.7 cm³/mol. The maximum atomic E-state index is 13.6. The molecular formula is C18H14F3N3O2. The van der Waals surface area contributed by atoms with Crippen molar-refractivity contribution in [3.05, 3.63) is 65.3 Å². The molecule has 0 aliphatic heterocycles. The van der Waals surface area contributed by atoms with Gasteiger partial charge >= 0.3 is 0 Å². The normalized spacial score (nSPS) is 10.8. The van der Waals surface area contributed by atoms with Gasteiger partial charge in [-0.2, -0.15) is 4.98 Å². The minimum absolute atomic E-state index is 0.0410. The first-order valence-electron chi connectivity index (χ1n) is 7.76. The number of nitrogens with zero attached hydrogens (tertiary/aromatic N) is 2. The summed E-state index contributed by atoms with van der Waals surface area (Å²) in [4.78, 5) is 16.0. The van der Waals surface area contributed by atoms with Crippen LogP contribution in [-0.4, -0.2) is 16.0 Å². The van der Waals surface area contributed by atoms with Crippen LogP contribution in [0.1, 0.15) is 17.9 Å². The van der Waals surface area contributed by atoms with Crippen LogP contribution in [0.2, 0.25) is 0 Å². The van der Waals surface area contributed by atoms with Gasteiger partial charge in [-0.05, 0) is 30.7 Å². The molecule has 0 fully saturated rings. The Kier molecular flexibility index (Phi) is 5.01. The third kappa shape index (κ3) is 4.08. The average Bonchev–Trinajstić information content (AvgIpc) is 3.07. The highest BCUT2D eigenvalue weighted by molar-refractivity contribution is 5.90. The number of hydrogen-bond acceptors (Lipinski definition) is 4. The van der Waals surface area contributed by atoms with Crippen LogP contribution in [0.15, 0.2) is 40.9 Å². The zero-order valence-electron chi connectivity index (χ0n) is 13.7. The number of halogens is 3. The summed E-state index contributed by atoms with van der Waals surface area (Å²) < 4.78 is 45.0. The van der Waals surface area contributed by atoms with Gasteiger partial charge in [0, 0.05) is 24.5 Å². The first kappa shape index (κ1) is 17.7. The van der Waals surface area contributed by atoms with Crippen LogP contribution in [0.25, 0.3) is 11.4 Å². The smallest absolute Gasteiger partial charge is 0.227 e. The largest absolute Gasteiger partial charge is 0.339 e. The van der Waals surface area contributed by atoms with Crippen molar-refractivity contribution >= 4 is 11.6 Å². The molecule has 0 unspecified atom stereocenters. The number of aryl methyl sites for hydroxylation is 2. The Morgan fingerprint density at radius 3 is 2.65 bits per heavy atom. The van der Waals surface area contributed by atoms with Gasteiger partial charge in [0.1, 0.15) is 17.5 Å². The van der Waals surface area contributed by atoms with E-state index >= 15 is 0 Å². The Balaban J connectivity index is 1.60. The third-order valence-electron chi connectivity index (χ3n) is 3.67. The molecule has 0 bridgehead atoms. The second kappa shape index (κ2) is 7.38. The van der Waals surface area contributed by atoms with Crippen molar-refractivity contribution in [3.8, 4) is 11.4 Å². The standard InChI is InChI=1S/C18H14F3N3O2/c1-10-2-3-11(8-13(10)20)18-23-17(26-24-18)7-6-16(25)22-15-5-4-12(19)9-14(15)21/h2-5,8-9H,6-7H2,1H3,(H,22,25). The highest BCUT2D eigenvalue weighted by atomic mass is 19.1. The van der Waals surface area contributed by atoms with Crippen LogP contribution in [0, 0.1) is 24.4 Å². The van der Waals surface area contributed by atoms with Gasteiger partial charge in [0.15, 0.2) is 0 Å². The van der Waals surface area contributed by atoms with Crippen LogP contribution in [0.5, 0.6) is 0 Å². The van der Waals surface area contributed by atoms with Crippen molar-refractivity contribution in [2.75, 3.05) is 5.32 Å². The van der Waals surface area contributed by atoms with E-state index in [1.165, 1.54) is 6.07 Å². The molecule has 1 N–H and O–H groups in total. The number of amides is 1. The van der Waals surface area contributed by atoms with E-state index < -0.39 is 17.5 Å². The highest BCUT2D eigenvalue weighted by Crippen LogP contribution is 2.20.